The molecule has 0 spiro atoms. The zero-order chi connectivity index (χ0) is 33.0. The van der Waals surface area contributed by atoms with Crippen molar-refractivity contribution in [1.82, 2.24) is 0 Å². The molecule has 2 heterocycles. The van der Waals surface area contributed by atoms with E-state index in [2.05, 4.69) is 182 Å². The molecule has 10 rings (SSSR count). The quantitative estimate of drug-likeness (QED) is 0.171. The van der Waals surface area contributed by atoms with Crippen molar-refractivity contribution in [2.75, 3.05) is 0 Å². The van der Waals surface area contributed by atoms with Gasteiger partial charge < -0.3 is 0 Å². The molecule has 2 aromatic heterocycles. The van der Waals surface area contributed by atoms with Crippen LogP contribution in [-0.4, -0.2) is 0 Å². The zero-order valence-electron chi connectivity index (χ0n) is 27.1. The fourth-order valence-electron chi connectivity index (χ4n) is 7.32. The van der Waals surface area contributed by atoms with Crippen LogP contribution in [-0.2, 0) is 0 Å². The van der Waals surface area contributed by atoms with E-state index in [1.807, 2.05) is 22.7 Å². The average Bonchev–Trinajstić information content (AvgIpc) is 3.76. The third-order valence-electron chi connectivity index (χ3n) is 9.87. The van der Waals surface area contributed by atoms with E-state index in [0.29, 0.717) is 0 Å². The first-order valence-electron chi connectivity index (χ1n) is 17.0. The van der Waals surface area contributed by atoms with Crippen molar-refractivity contribution in [3.63, 3.8) is 0 Å². The minimum atomic E-state index is 1.21. The molecule has 0 aliphatic heterocycles. The monoisotopic (exact) mass is 670 g/mol. The summed E-state index contributed by atoms with van der Waals surface area (Å²) in [5, 5.41) is 5.33. The van der Waals surface area contributed by atoms with Gasteiger partial charge >= 0.3 is 0 Å². The first kappa shape index (κ1) is 29.1. The fraction of sp³-hybridized carbons (Fsp3) is 0. The van der Waals surface area contributed by atoms with E-state index in [1.54, 1.807) is 0 Å². The standard InChI is InChI=1S/C48H30S2/c1-3-19-45-41(17-1)43-29-39(21-23-47(43)49-45)37-15-7-13-35(27-37)33-11-5-9-31(25-33)32-10-6-12-34(26-32)36-14-8-16-38(28-36)40-22-24-48-44(30-40)42-18-2-4-20-46(42)50-48/h1-30H. The van der Waals surface area contributed by atoms with E-state index in [4.69, 9.17) is 0 Å². The molecule has 2 heteroatoms. The molecule has 0 saturated carbocycles. The lowest BCUT2D eigenvalue weighted by atomic mass is 9.94. The number of rotatable bonds is 5. The van der Waals surface area contributed by atoms with Crippen LogP contribution in [0, 0.1) is 0 Å². The molecule has 0 saturated heterocycles. The van der Waals surface area contributed by atoms with Crippen molar-refractivity contribution in [2.24, 2.45) is 0 Å². The summed E-state index contributed by atoms with van der Waals surface area (Å²) < 4.78 is 5.35. The summed E-state index contributed by atoms with van der Waals surface area (Å²) >= 11 is 3.73. The van der Waals surface area contributed by atoms with Crippen molar-refractivity contribution < 1.29 is 0 Å². The highest BCUT2D eigenvalue weighted by Gasteiger charge is 2.11. The largest absolute Gasteiger partial charge is 0.135 e. The SMILES string of the molecule is c1cc(-c2cccc(-c3cccc(-c4ccc5sc6ccccc6c5c4)c3)c2)cc(-c2cccc(-c3ccc4sc5ccccc5c4c3)c2)c1. The Morgan fingerprint density at radius 3 is 0.820 bits per heavy atom. The van der Waals surface area contributed by atoms with Crippen molar-refractivity contribution in [3.8, 4) is 55.6 Å². The second-order valence-corrected chi connectivity index (χ2v) is 15.1. The van der Waals surface area contributed by atoms with Crippen molar-refractivity contribution >= 4 is 63.0 Å². The number of thiophene rings is 2. The van der Waals surface area contributed by atoms with Crippen LogP contribution in [0.4, 0.5) is 0 Å². The molecule has 0 amide bonds. The van der Waals surface area contributed by atoms with Crippen LogP contribution in [0.3, 0.4) is 0 Å². The van der Waals surface area contributed by atoms with Crippen LogP contribution in [0.2, 0.25) is 0 Å². The van der Waals surface area contributed by atoms with E-state index >= 15 is 0 Å². The van der Waals surface area contributed by atoms with Crippen molar-refractivity contribution in [1.29, 1.82) is 0 Å². The van der Waals surface area contributed by atoms with Gasteiger partial charge in [0.1, 0.15) is 0 Å². The minimum absolute atomic E-state index is 1.21. The molecule has 0 radical (unpaired) electrons. The number of benzene rings is 8. The summed E-state index contributed by atoms with van der Waals surface area (Å²) in [5.74, 6) is 0. The van der Waals surface area contributed by atoms with Crippen LogP contribution in [0.25, 0.3) is 96.0 Å². The predicted octanol–water partition coefficient (Wildman–Crippen LogP) is 14.8. The molecule has 0 fully saturated rings. The Labute approximate surface area is 299 Å². The molecule has 0 N–H and O–H groups in total. The Morgan fingerprint density at radius 2 is 0.480 bits per heavy atom. The van der Waals surface area contributed by atoms with Gasteiger partial charge in [-0.1, -0.05) is 121 Å². The summed E-state index contributed by atoms with van der Waals surface area (Å²) in [6.45, 7) is 0. The smallest absolute Gasteiger partial charge is 0.0355 e. The van der Waals surface area contributed by atoms with E-state index in [1.165, 1.54) is 96.0 Å². The summed E-state index contributed by atoms with van der Waals surface area (Å²) in [4.78, 5) is 0. The first-order chi connectivity index (χ1) is 24.7. The maximum Gasteiger partial charge on any atom is 0.0355 e. The molecule has 0 nitrogen and oxygen atoms in total. The molecule has 0 aliphatic rings. The van der Waals surface area contributed by atoms with Gasteiger partial charge in [-0.05, 0) is 116 Å². The molecule has 0 bridgehead atoms. The minimum Gasteiger partial charge on any atom is -0.135 e. The third-order valence-corrected chi connectivity index (χ3v) is 12.2. The Hall–Kier alpha value is -5.80. The van der Waals surface area contributed by atoms with Crippen molar-refractivity contribution in [2.45, 2.75) is 0 Å². The Bertz CT molecular complexity index is 2690. The lowest BCUT2D eigenvalue weighted by molar-refractivity contribution is 1.56. The predicted molar refractivity (Wildman–Crippen MR) is 219 cm³/mol. The van der Waals surface area contributed by atoms with Crippen LogP contribution < -0.4 is 0 Å². The molecule has 234 valence electrons. The second kappa shape index (κ2) is 12.0. The van der Waals surface area contributed by atoms with Crippen LogP contribution in [0.15, 0.2) is 182 Å². The highest BCUT2D eigenvalue weighted by Crippen LogP contribution is 2.39. The highest BCUT2D eigenvalue weighted by molar-refractivity contribution is 7.26. The molecule has 50 heavy (non-hydrogen) atoms. The molecule has 0 unspecified atom stereocenters. The zero-order valence-corrected chi connectivity index (χ0v) is 28.8. The van der Waals surface area contributed by atoms with Gasteiger partial charge in [0.15, 0.2) is 0 Å². The first-order valence-corrected chi connectivity index (χ1v) is 18.6. The lowest BCUT2D eigenvalue weighted by Crippen LogP contribution is -1.85. The van der Waals surface area contributed by atoms with Gasteiger partial charge in [0.2, 0.25) is 0 Å². The lowest BCUT2D eigenvalue weighted by Gasteiger charge is -2.11. The summed E-state index contributed by atoms with van der Waals surface area (Å²) in [7, 11) is 0. The normalized spacial score (nSPS) is 11.6. The van der Waals surface area contributed by atoms with E-state index < -0.39 is 0 Å². The summed E-state index contributed by atoms with van der Waals surface area (Å²) in [5.41, 5.74) is 12.3. The maximum atomic E-state index is 2.35. The fourth-order valence-corrected chi connectivity index (χ4v) is 9.50. The molecule has 0 atom stereocenters. The summed E-state index contributed by atoms with van der Waals surface area (Å²) in [6, 6.07) is 67.0. The second-order valence-electron chi connectivity index (χ2n) is 12.9. The van der Waals surface area contributed by atoms with Gasteiger partial charge in [0, 0.05) is 40.3 Å². The number of hydrogen-bond acceptors (Lipinski definition) is 2. The third kappa shape index (κ3) is 5.13. The van der Waals surface area contributed by atoms with E-state index in [0.717, 1.165) is 0 Å². The molecule has 10 aromatic rings. The molecular weight excluding hydrogens is 641 g/mol. The number of fused-ring (bicyclic) bond motifs is 6. The van der Waals surface area contributed by atoms with Crippen molar-refractivity contribution in [3.05, 3.63) is 182 Å². The van der Waals surface area contributed by atoms with Gasteiger partial charge in [-0.15, -0.1) is 22.7 Å². The van der Waals surface area contributed by atoms with Gasteiger partial charge in [-0.2, -0.15) is 0 Å². The molecule has 0 aliphatic carbocycles. The number of hydrogen-bond donors (Lipinski definition) is 0. The highest BCUT2D eigenvalue weighted by atomic mass is 32.1. The maximum absolute atomic E-state index is 2.35. The Morgan fingerprint density at radius 1 is 0.200 bits per heavy atom. The van der Waals surface area contributed by atoms with Gasteiger partial charge in [0.25, 0.3) is 0 Å². The average molecular weight is 671 g/mol. The topological polar surface area (TPSA) is 0 Å². The van der Waals surface area contributed by atoms with Crippen LogP contribution in [0.1, 0.15) is 0 Å². The van der Waals surface area contributed by atoms with Crippen LogP contribution >= 0.6 is 22.7 Å². The van der Waals surface area contributed by atoms with E-state index in [9.17, 15) is 0 Å². The Kier molecular flexibility index (Phi) is 6.97. The van der Waals surface area contributed by atoms with Gasteiger partial charge in [-0.3, -0.25) is 0 Å². The molecular formula is C48H30S2. The van der Waals surface area contributed by atoms with E-state index in [-0.39, 0.29) is 0 Å². The molecule has 8 aromatic carbocycles. The summed E-state index contributed by atoms with van der Waals surface area (Å²) in [6.07, 6.45) is 0. The Balaban J connectivity index is 0.968. The van der Waals surface area contributed by atoms with Crippen LogP contribution in [0.5, 0.6) is 0 Å². The van der Waals surface area contributed by atoms with Gasteiger partial charge in [0.05, 0.1) is 0 Å². The van der Waals surface area contributed by atoms with Gasteiger partial charge in [-0.25, -0.2) is 0 Å².